The topological polar surface area (TPSA) is 173 Å². The normalized spacial score (nSPS) is 31.0. The van der Waals surface area contributed by atoms with Crippen molar-refractivity contribution in [2.45, 2.75) is 23.7 Å². The molecule has 0 aromatic heterocycles. The molecule has 2 fully saturated rings. The molecule has 0 aromatic rings. The molecule has 0 N–H and O–H groups in total. The van der Waals surface area contributed by atoms with E-state index < -0.39 is 82.0 Å². The van der Waals surface area contributed by atoms with Crippen molar-refractivity contribution in [2.75, 3.05) is 24.7 Å². The lowest BCUT2D eigenvalue weighted by molar-refractivity contribution is 0.178. The Morgan fingerprint density at radius 2 is 1.17 bits per heavy atom. The summed E-state index contributed by atoms with van der Waals surface area (Å²) in [5.74, 6) is -1.48. The maximum atomic E-state index is 12.0. The predicted molar refractivity (Wildman–Crippen MR) is 76.5 cm³/mol. The molecule has 0 spiro atoms. The Balaban J connectivity index is 2.06. The van der Waals surface area contributed by atoms with E-state index in [1.54, 1.807) is 0 Å². The molecule has 0 bridgehead atoms. The molecule has 2 aliphatic rings. The van der Waals surface area contributed by atoms with Crippen molar-refractivity contribution < 1.29 is 50.4 Å². The minimum absolute atomic E-state index is 0.566. The molecule has 2 atom stereocenters. The molecular formula is C8H14O12S4. The molecule has 2 saturated heterocycles. The highest BCUT2D eigenvalue weighted by atomic mass is 32.3. The average Bonchev–Trinajstić information content (AvgIpc) is 2.89. The van der Waals surface area contributed by atoms with Crippen LogP contribution in [0, 0.1) is 0 Å². The highest BCUT2D eigenvalue weighted by Crippen LogP contribution is 2.22. The minimum atomic E-state index is -4.77. The highest BCUT2D eigenvalue weighted by Gasteiger charge is 2.43. The molecule has 2 aliphatic heterocycles. The van der Waals surface area contributed by atoms with E-state index in [2.05, 4.69) is 16.7 Å². The zero-order chi connectivity index (χ0) is 18.4. The zero-order valence-electron chi connectivity index (χ0n) is 12.1. The van der Waals surface area contributed by atoms with Crippen LogP contribution in [0.3, 0.4) is 0 Å². The average molecular weight is 430 g/mol. The fourth-order valence-electron chi connectivity index (χ4n) is 1.80. The lowest BCUT2D eigenvalue weighted by Crippen LogP contribution is -2.36. The van der Waals surface area contributed by atoms with Crippen LogP contribution in [-0.2, 0) is 57.2 Å². The Morgan fingerprint density at radius 1 is 0.833 bits per heavy atom. The Kier molecular flexibility index (Phi) is 5.34. The minimum Gasteiger partial charge on any atom is -0.267 e. The maximum Gasteiger partial charge on any atom is 0.287 e. The van der Waals surface area contributed by atoms with Crippen molar-refractivity contribution in [3.8, 4) is 0 Å². The molecule has 2 heterocycles. The van der Waals surface area contributed by atoms with Crippen molar-refractivity contribution >= 4 is 40.5 Å². The number of hydrogen-bond donors (Lipinski definition) is 0. The first kappa shape index (κ1) is 20.0. The summed E-state index contributed by atoms with van der Waals surface area (Å²) in [7, 11) is -17.4. The Labute approximate surface area is 139 Å². The molecule has 2 rings (SSSR count). The molecule has 0 aromatic carbocycles. The first-order valence-electron chi connectivity index (χ1n) is 6.31. The van der Waals surface area contributed by atoms with Crippen molar-refractivity contribution in [2.24, 2.45) is 0 Å². The molecule has 24 heavy (non-hydrogen) atoms. The number of rotatable bonds is 6. The first-order chi connectivity index (χ1) is 10.7. The molecule has 142 valence electrons. The van der Waals surface area contributed by atoms with Crippen LogP contribution in [0.1, 0.15) is 6.92 Å². The predicted octanol–water partition coefficient (Wildman–Crippen LogP) is -2.52. The fourth-order valence-corrected chi connectivity index (χ4v) is 6.87. The van der Waals surface area contributed by atoms with Crippen LogP contribution >= 0.6 is 0 Å². The molecule has 0 aliphatic carbocycles. The summed E-state index contributed by atoms with van der Waals surface area (Å²) in [6.45, 7) is -0.382. The van der Waals surface area contributed by atoms with Gasteiger partial charge in [0.2, 0.25) is 4.58 Å². The van der Waals surface area contributed by atoms with Gasteiger partial charge in [0.25, 0.3) is 40.5 Å². The van der Waals surface area contributed by atoms with E-state index in [0.717, 1.165) is 6.92 Å². The van der Waals surface area contributed by atoms with Gasteiger partial charge in [0.15, 0.2) is 0 Å². The lowest BCUT2D eigenvalue weighted by atomic mass is 10.5. The zero-order valence-corrected chi connectivity index (χ0v) is 15.4. The van der Waals surface area contributed by atoms with E-state index in [4.69, 9.17) is 0 Å². The van der Waals surface area contributed by atoms with Crippen LogP contribution in [0.2, 0.25) is 0 Å². The van der Waals surface area contributed by atoms with Crippen LogP contribution in [0.15, 0.2) is 0 Å². The first-order valence-corrected chi connectivity index (χ1v) is 12.4. The van der Waals surface area contributed by atoms with E-state index in [-0.39, 0.29) is 0 Å². The standard InChI is InChI=1S/C8H14O12S4/c1-6(23(13,14)19-7-2-17-21(9,10)4-7)24(15,16)20-8-3-18-22(11,12)5-8/h6-8H,2-5H2,1H3. The van der Waals surface area contributed by atoms with E-state index in [9.17, 15) is 33.7 Å². The van der Waals surface area contributed by atoms with Crippen LogP contribution < -0.4 is 0 Å². The number of hydrogen-bond acceptors (Lipinski definition) is 12. The van der Waals surface area contributed by atoms with Gasteiger partial charge in [-0.05, 0) is 6.92 Å². The van der Waals surface area contributed by atoms with Gasteiger partial charge in [-0.2, -0.15) is 33.7 Å². The SMILES string of the molecule is CC(S(=O)(=O)OC1COS(=O)(=O)C1)S(=O)(=O)OC1COS(=O)(=O)C1. The molecule has 12 nitrogen and oxygen atoms in total. The summed E-state index contributed by atoms with van der Waals surface area (Å²) in [6.07, 6.45) is -2.76. The lowest BCUT2D eigenvalue weighted by Gasteiger charge is -2.17. The van der Waals surface area contributed by atoms with Crippen molar-refractivity contribution in [1.82, 2.24) is 0 Å². The summed E-state index contributed by atoms with van der Waals surface area (Å²) in [5.41, 5.74) is 0. The van der Waals surface area contributed by atoms with Gasteiger partial charge in [0.05, 0.1) is 13.2 Å². The van der Waals surface area contributed by atoms with Gasteiger partial charge in [-0.3, -0.25) is 16.7 Å². The third-order valence-electron chi connectivity index (χ3n) is 3.00. The van der Waals surface area contributed by atoms with Crippen molar-refractivity contribution in [1.29, 1.82) is 0 Å². The quantitative estimate of drug-likeness (QED) is 0.405. The van der Waals surface area contributed by atoms with Gasteiger partial charge in [-0.15, -0.1) is 0 Å². The third-order valence-corrected chi connectivity index (χ3v) is 9.67. The van der Waals surface area contributed by atoms with Crippen molar-refractivity contribution in [3.63, 3.8) is 0 Å². The fraction of sp³-hybridized carbons (Fsp3) is 1.00. The molecule has 0 amide bonds. The van der Waals surface area contributed by atoms with Crippen LogP contribution in [-0.4, -0.2) is 75.2 Å². The van der Waals surface area contributed by atoms with E-state index >= 15 is 0 Å². The van der Waals surface area contributed by atoms with E-state index in [0.29, 0.717) is 0 Å². The second kappa shape index (κ2) is 6.42. The molecule has 0 saturated carbocycles. The van der Waals surface area contributed by atoms with Crippen LogP contribution in [0.5, 0.6) is 0 Å². The van der Waals surface area contributed by atoms with Gasteiger partial charge < -0.3 is 0 Å². The third kappa shape index (κ3) is 4.84. The Morgan fingerprint density at radius 3 is 1.42 bits per heavy atom. The maximum absolute atomic E-state index is 12.0. The Hall–Kier alpha value is -0.360. The summed E-state index contributed by atoms with van der Waals surface area (Å²) in [4.78, 5) is 0. The summed E-state index contributed by atoms with van der Waals surface area (Å²) in [5, 5.41) is 0. The van der Waals surface area contributed by atoms with Crippen LogP contribution in [0.4, 0.5) is 0 Å². The van der Waals surface area contributed by atoms with Gasteiger partial charge >= 0.3 is 0 Å². The van der Waals surface area contributed by atoms with E-state index in [1.807, 2.05) is 0 Å². The summed E-state index contributed by atoms with van der Waals surface area (Å²) < 4.78 is 108. The van der Waals surface area contributed by atoms with Crippen LogP contribution in [0.25, 0.3) is 0 Å². The second-order valence-electron chi connectivity index (χ2n) is 5.01. The monoisotopic (exact) mass is 430 g/mol. The smallest absolute Gasteiger partial charge is 0.267 e. The van der Waals surface area contributed by atoms with Gasteiger partial charge in [0.1, 0.15) is 23.7 Å². The van der Waals surface area contributed by atoms with Gasteiger partial charge in [-0.1, -0.05) is 0 Å². The van der Waals surface area contributed by atoms with Gasteiger partial charge in [0, 0.05) is 0 Å². The molecule has 0 radical (unpaired) electrons. The molecule has 2 unspecified atom stereocenters. The molecule has 16 heteroatoms. The second-order valence-corrected chi connectivity index (χ2v) is 12.4. The van der Waals surface area contributed by atoms with Gasteiger partial charge in [-0.25, -0.2) is 0 Å². The van der Waals surface area contributed by atoms with Crippen molar-refractivity contribution in [3.05, 3.63) is 0 Å². The Bertz CT molecular complexity index is 820. The van der Waals surface area contributed by atoms with E-state index in [1.165, 1.54) is 0 Å². The summed E-state index contributed by atoms with van der Waals surface area (Å²) in [6, 6.07) is 0. The summed E-state index contributed by atoms with van der Waals surface area (Å²) >= 11 is 0. The molecular weight excluding hydrogens is 416 g/mol. The largest absolute Gasteiger partial charge is 0.287 e. The highest BCUT2D eigenvalue weighted by molar-refractivity contribution is 8.04.